The highest BCUT2D eigenvalue weighted by Gasteiger charge is 2.33. The lowest BCUT2D eigenvalue weighted by Gasteiger charge is -2.26. The van der Waals surface area contributed by atoms with Gasteiger partial charge in [0.1, 0.15) is 24.2 Å². The Kier molecular flexibility index (Phi) is 16.3. The molecule has 322 valence electrons. The number of aromatic amines is 2. The van der Waals surface area contributed by atoms with Crippen molar-refractivity contribution in [3.05, 3.63) is 72.1 Å². The lowest BCUT2D eigenvalue weighted by molar-refractivity contribution is -0.143. The predicted octanol–water partition coefficient (Wildman–Crippen LogP) is -1.08. The van der Waals surface area contributed by atoms with Crippen LogP contribution in [0.2, 0.25) is 0 Å². The van der Waals surface area contributed by atoms with E-state index >= 15 is 0 Å². The molecule has 0 unspecified atom stereocenters. The van der Waals surface area contributed by atoms with Crippen molar-refractivity contribution >= 4 is 69.2 Å². The normalized spacial score (nSPS) is 14.2. The van der Waals surface area contributed by atoms with Crippen LogP contribution in [0.3, 0.4) is 0 Å². The number of aromatic nitrogens is 2. The number of carbonyl (C=O) groups is 8. The molecule has 60 heavy (non-hydrogen) atoms. The van der Waals surface area contributed by atoms with Crippen LogP contribution in [0.15, 0.2) is 60.9 Å². The Labute approximate surface area is 343 Å². The van der Waals surface area contributed by atoms with E-state index in [9.17, 15) is 48.6 Å². The second-order valence-corrected chi connectivity index (χ2v) is 14.6. The van der Waals surface area contributed by atoms with E-state index in [1.165, 1.54) is 6.92 Å². The fourth-order valence-electron chi connectivity index (χ4n) is 6.34. The van der Waals surface area contributed by atoms with Gasteiger partial charge in [0, 0.05) is 53.5 Å². The Hall–Kier alpha value is -6.80. The quantitative estimate of drug-likeness (QED) is 0.0450. The Balaban J connectivity index is 1.37. The Morgan fingerprint density at radius 3 is 1.67 bits per heavy atom. The number of benzene rings is 2. The van der Waals surface area contributed by atoms with Crippen molar-refractivity contribution in [2.75, 3.05) is 13.1 Å². The van der Waals surface area contributed by atoms with E-state index in [0.29, 0.717) is 11.1 Å². The van der Waals surface area contributed by atoms with E-state index in [1.54, 1.807) is 50.5 Å². The molecule has 6 atom stereocenters. The molecule has 2 heterocycles. The number of amides is 6. The summed E-state index contributed by atoms with van der Waals surface area (Å²) >= 11 is 0. The zero-order chi connectivity index (χ0) is 44.1. The first-order chi connectivity index (χ1) is 28.4. The maximum atomic E-state index is 13.5. The van der Waals surface area contributed by atoms with Gasteiger partial charge < -0.3 is 62.9 Å². The number of aliphatic hydroxyl groups excluding tert-OH is 1. The molecule has 6 amide bonds. The van der Waals surface area contributed by atoms with Crippen LogP contribution in [0.5, 0.6) is 0 Å². The average Bonchev–Trinajstić information content (AvgIpc) is 3.81. The molecule has 0 saturated heterocycles. The topological polar surface area (TPSA) is 327 Å². The summed E-state index contributed by atoms with van der Waals surface area (Å²) in [5.41, 5.74) is 8.68. The first-order valence-electron chi connectivity index (χ1n) is 19.2. The molecule has 4 aromatic rings. The molecule has 0 aliphatic rings. The van der Waals surface area contributed by atoms with Gasteiger partial charge >= 0.3 is 11.9 Å². The van der Waals surface area contributed by atoms with Crippen molar-refractivity contribution in [2.45, 2.75) is 82.8 Å². The number of carbonyl (C=O) groups excluding carboxylic acids is 6. The highest BCUT2D eigenvalue weighted by Crippen LogP contribution is 2.21. The van der Waals surface area contributed by atoms with Crippen LogP contribution in [-0.4, -0.2) is 122 Å². The van der Waals surface area contributed by atoms with Crippen molar-refractivity contribution in [3.63, 3.8) is 0 Å². The van der Waals surface area contributed by atoms with Gasteiger partial charge in [-0.1, -0.05) is 50.2 Å². The largest absolute Gasteiger partial charge is 0.481 e. The summed E-state index contributed by atoms with van der Waals surface area (Å²) in [5.74, 6) is -8.03. The summed E-state index contributed by atoms with van der Waals surface area (Å²) in [6, 6.07) is 7.72. The summed E-state index contributed by atoms with van der Waals surface area (Å²) in [5, 5.41) is 45.2. The highest BCUT2D eigenvalue weighted by atomic mass is 16.4. The Morgan fingerprint density at radius 2 is 1.15 bits per heavy atom. The number of hydrogen-bond donors (Lipinski definition) is 12. The summed E-state index contributed by atoms with van der Waals surface area (Å²) in [6.07, 6.45) is 1.14. The van der Waals surface area contributed by atoms with Gasteiger partial charge in [-0.2, -0.15) is 0 Å². The number of aliphatic carboxylic acids is 2. The maximum Gasteiger partial charge on any atom is 0.326 e. The molecule has 0 saturated carbocycles. The number of nitrogens with one attached hydrogen (secondary N) is 8. The van der Waals surface area contributed by atoms with E-state index in [2.05, 4.69) is 41.9 Å². The van der Waals surface area contributed by atoms with Crippen molar-refractivity contribution in [2.24, 2.45) is 11.7 Å². The third-order valence-electron chi connectivity index (χ3n) is 9.65. The molecular weight excluding hydrogens is 782 g/mol. The fourth-order valence-corrected chi connectivity index (χ4v) is 6.34. The molecule has 0 spiro atoms. The molecular formula is C40H51N9O11. The third kappa shape index (κ3) is 12.9. The van der Waals surface area contributed by atoms with E-state index in [0.717, 1.165) is 21.8 Å². The lowest BCUT2D eigenvalue weighted by Crippen LogP contribution is -2.60. The minimum Gasteiger partial charge on any atom is -0.481 e. The van der Waals surface area contributed by atoms with Crippen LogP contribution in [0.4, 0.5) is 0 Å². The molecule has 0 aliphatic carbocycles. The standard InChI is InChI=1S/C40H51N9O11/c1-20(2)34(40(59)60)49-38(57)30(15-23-17-43-28-11-7-5-9-25(23)28)47-39(58)35(21(3)50)48-32(52)19-44-31(51)18-45-37(56)29(46-36(55)26(41)12-13-33(53)54)14-22-16-42-27-10-6-4-8-24(22)27/h4-11,16-17,20-21,26,29-30,34-35,42-43,50H,12-15,18-19,41H2,1-3H3,(H,44,51)(H,45,56)(H,46,55)(H,47,58)(H,48,52)(H,49,57)(H,53,54)(H,59,60)/t21-,26+,29+,30+,34+,35+/m1/s1. The van der Waals surface area contributed by atoms with Crippen molar-refractivity contribution in [3.8, 4) is 0 Å². The second kappa shape index (κ2) is 21.3. The van der Waals surface area contributed by atoms with Crippen LogP contribution in [-0.2, 0) is 51.2 Å². The SMILES string of the molecule is CC(C)[C@H](NC(=O)[C@H](Cc1c[nH]c2ccccc12)NC(=O)[C@@H](NC(=O)CNC(=O)CNC(=O)[C@H](Cc1c[nH]c2ccccc12)NC(=O)[C@@H](N)CCC(=O)O)[C@@H](C)O)C(=O)O. The van der Waals surface area contributed by atoms with Crippen LogP contribution in [0.1, 0.15) is 44.7 Å². The number of hydrogen-bond acceptors (Lipinski definition) is 10. The van der Waals surface area contributed by atoms with Gasteiger partial charge in [0.2, 0.25) is 35.4 Å². The number of aliphatic hydroxyl groups is 1. The van der Waals surface area contributed by atoms with E-state index in [-0.39, 0.29) is 25.7 Å². The molecule has 20 nitrogen and oxygen atoms in total. The maximum absolute atomic E-state index is 13.5. The molecule has 13 N–H and O–H groups in total. The number of carboxylic acids is 2. The summed E-state index contributed by atoms with van der Waals surface area (Å²) in [7, 11) is 0. The number of para-hydroxylation sites is 2. The molecule has 0 bridgehead atoms. The number of nitrogens with two attached hydrogens (primary N) is 1. The average molecular weight is 834 g/mol. The first kappa shape index (κ1) is 45.9. The van der Waals surface area contributed by atoms with Crippen molar-refractivity contribution in [1.29, 1.82) is 0 Å². The second-order valence-electron chi connectivity index (χ2n) is 14.6. The lowest BCUT2D eigenvalue weighted by atomic mass is 10.0. The smallest absolute Gasteiger partial charge is 0.326 e. The summed E-state index contributed by atoms with van der Waals surface area (Å²) in [4.78, 5) is 108. The van der Waals surface area contributed by atoms with E-state index in [1.807, 2.05) is 24.3 Å². The highest BCUT2D eigenvalue weighted by molar-refractivity contribution is 5.96. The van der Waals surface area contributed by atoms with Crippen LogP contribution < -0.4 is 37.6 Å². The third-order valence-corrected chi connectivity index (χ3v) is 9.65. The van der Waals surface area contributed by atoms with Gasteiger partial charge in [-0.15, -0.1) is 0 Å². The summed E-state index contributed by atoms with van der Waals surface area (Å²) < 4.78 is 0. The predicted molar refractivity (Wildman–Crippen MR) is 217 cm³/mol. The van der Waals surface area contributed by atoms with Crippen LogP contribution >= 0.6 is 0 Å². The van der Waals surface area contributed by atoms with Crippen LogP contribution in [0, 0.1) is 5.92 Å². The van der Waals surface area contributed by atoms with Gasteiger partial charge in [-0.25, -0.2) is 4.79 Å². The van der Waals surface area contributed by atoms with Gasteiger partial charge in [0.15, 0.2) is 0 Å². The van der Waals surface area contributed by atoms with Crippen molar-refractivity contribution in [1.82, 2.24) is 41.9 Å². The van der Waals surface area contributed by atoms with Gasteiger partial charge in [0.25, 0.3) is 0 Å². The fraction of sp³-hybridized carbons (Fsp3) is 0.400. The minimum atomic E-state index is -1.62. The molecule has 4 rings (SSSR count). The zero-order valence-corrected chi connectivity index (χ0v) is 33.2. The number of fused-ring (bicyclic) bond motifs is 2. The number of carboxylic acid groups (broad SMARTS) is 2. The Morgan fingerprint density at radius 1 is 0.633 bits per heavy atom. The monoisotopic (exact) mass is 833 g/mol. The zero-order valence-electron chi connectivity index (χ0n) is 33.2. The molecule has 20 heteroatoms. The Bertz CT molecular complexity index is 2200. The molecule has 2 aromatic carbocycles. The number of rotatable bonds is 22. The number of H-pyrrole nitrogens is 2. The minimum absolute atomic E-state index is 0.0256. The van der Waals surface area contributed by atoms with Crippen molar-refractivity contribution < 1.29 is 53.7 Å². The van der Waals surface area contributed by atoms with E-state index < -0.39 is 103 Å². The van der Waals surface area contributed by atoms with E-state index in [4.69, 9.17) is 10.8 Å². The molecule has 2 aromatic heterocycles. The van der Waals surface area contributed by atoms with Gasteiger partial charge in [-0.3, -0.25) is 33.6 Å². The van der Waals surface area contributed by atoms with Crippen LogP contribution in [0.25, 0.3) is 21.8 Å². The van der Waals surface area contributed by atoms with Gasteiger partial charge in [0.05, 0.1) is 25.2 Å². The molecule has 0 radical (unpaired) electrons. The molecule has 0 aliphatic heterocycles. The summed E-state index contributed by atoms with van der Waals surface area (Å²) in [6.45, 7) is 3.08. The first-order valence-corrected chi connectivity index (χ1v) is 19.2. The molecule has 0 fully saturated rings. The van der Waals surface area contributed by atoms with Gasteiger partial charge in [-0.05, 0) is 42.5 Å².